The monoisotopic (exact) mass is 262 g/mol. The molecular weight excluding hydrogens is 244 g/mol. The summed E-state index contributed by atoms with van der Waals surface area (Å²) >= 11 is 0. The van der Waals surface area contributed by atoms with Gasteiger partial charge in [-0.2, -0.15) is 0 Å². The molecule has 1 aliphatic rings. The second kappa shape index (κ2) is 5.84. The van der Waals surface area contributed by atoms with Crippen LogP contribution in [0.5, 0.6) is 0 Å². The lowest BCUT2D eigenvalue weighted by atomic mass is 9.99. The number of carbonyl (C=O) groups is 2. The fourth-order valence-corrected chi connectivity index (χ4v) is 2.32. The molecule has 5 nitrogen and oxygen atoms in total. The molecule has 1 aromatic carbocycles. The number of benzene rings is 1. The second-order valence-electron chi connectivity index (χ2n) is 4.58. The van der Waals surface area contributed by atoms with Crippen LogP contribution in [-0.4, -0.2) is 36.6 Å². The van der Waals surface area contributed by atoms with Crippen molar-refractivity contribution in [3.8, 4) is 0 Å². The fraction of sp³-hybridized carbons (Fsp3) is 0.429. The van der Waals surface area contributed by atoms with Gasteiger partial charge >= 0.3 is 5.97 Å². The number of rotatable bonds is 4. The normalized spacial score (nSPS) is 14.1. The Labute approximate surface area is 112 Å². The third-order valence-electron chi connectivity index (χ3n) is 3.27. The standard InChI is InChI=1S/C14H18N2O3/c1-2-15-9-13(17)16-7-3-4-10-8-11(14(18)19)5-6-12(10)16/h5-6,8,15H,2-4,7,9H2,1H3,(H,18,19). The molecule has 1 heterocycles. The highest BCUT2D eigenvalue weighted by Crippen LogP contribution is 2.28. The molecule has 102 valence electrons. The van der Waals surface area contributed by atoms with Gasteiger partial charge in [0.15, 0.2) is 0 Å². The molecule has 0 atom stereocenters. The maximum Gasteiger partial charge on any atom is 0.335 e. The number of anilines is 1. The number of amides is 1. The van der Waals surface area contributed by atoms with Gasteiger partial charge in [0.25, 0.3) is 0 Å². The SMILES string of the molecule is CCNCC(=O)N1CCCc2cc(C(=O)O)ccc21. The van der Waals surface area contributed by atoms with E-state index in [0.717, 1.165) is 30.6 Å². The minimum atomic E-state index is -0.932. The summed E-state index contributed by atoms with van der Waals surface area (Å²) in [6, 6.07) is 4.96. The average Bonchev–Trinajstić information content (AvgIpc) is 2.43. The number of hydrogen-bond donors (Lipinski definition) is 2. The molecule has 0 saturated heterocycles. The zero-order valence-electron chi connectivity index (χ0n) is 11.0. The Kier molecular flexibility index (Phi) is 4.16. The van der Waals surface area contributed by atoms with Gasteiger partial charge in [0.05, 0.1) is 12.1 Å². The Balaban J connectivity index is 2.24. The average molecular weight is 262 g/mol. The van der Waals surface area contributed by atoms with Crippen molar-refractivity contribution >= 4 is 17.6 Å². The Morgan fingerprint density at radius 2 is 2.21 bits per heavy atom. The van der Waals surface area contributed by atoms with Gasteiger partial charge in [-0.05, 0) is 43.1 Å². The number of hydrogen-bond acceptors (Lipinski definition) is 3. The van der Waals surface area contributed by atoms with E-state index in [2.05, 4.69) is 5.32 Å². The number of aromatic carboxylic acids is 1. The summed E-state index contributed by atoms with van der Waals surface area (Å²) < 4.78 is 0. The molecule has 2 rings (SSSR count). The summed E-state index contributed by atoms with van der Waals surface area (Å²) in [4.78, 5) is 24.8. The maximum absolute atomic E-state index is 12.1. The smallest absolute Gasteiger partial charge is 0.335 e. The van der Waals surface area contributed by atoms with Gasteiger partial charge in [-0.1, -0.05) is 6.92 Å². The molecular formula is C14H18N2O3. The number of fused-ring (bicyclic) bond motifs is 1. The third kappa shape index (κ3) is 2.93. The van der Waals surface area contributed by atoms with Gasteiger partial charge in [0, 0.05) is 12.2 Å². The highest BCUT2D eigenvalue weighted by Gasteiger charge is 2.22. The molecule has 0 fully saturated rings. The number of nitrogens with one attached hydrogen (secondary N) is 1. The van der Waals surface area contributed by atoms with Crippen molar-refractivity contribution < 1.29 is 14.7 Å². The van der Waals surface area contributed by atoms with Crippen molar-refractivity contribution in [1.29, 1.82) is 0 Å². The largest absolute Gasteiger partial charge is 0.478 e. The van der Waals surface area contributed by atoms with Crippen molar-refractivity contribution in [2.45, 2.75) is 19.8 Å². The van der Waals surface area contributed by atoms with Crippen molar-refractivity contribution in [3.63, 3.8) is 0 Å². The highest BCUT2D eigenvalue weighted by atomic mass is 16.4. The first kappa shape index (κ1) is 13.5. The van der Waals surface area contributed by atoms with Crippen LogP contribution in [-0.2, 0) is 11.2 Å². The molecule has 0 spiro atoms. The highest BCUT2D eigenvalue weighted by molar-refractivity contribution is 5.97. The summed E-state index contributed by atoms with van der Waals surface area (Å²) in [7, 11) is 0. The van der Waals surface area contributed by atoms with E-state index >= 15 is 0 Å². The van der Waals surface area contributed by atoms with Crippen LogP contribution in [0.25, 0.3) is 0 Å². The Bertz CT molecular complexity index is 499. The summed E-state index contributed by atoms with van der Waals surface area (Å²) in [6.07, 6.45) is 1.69. The van der Waals surface area contributed by atoms with E-state index in [1.54, 1.807) is 23.1 Å². The van der Waals surface area contributed by atoms with Crippen LogP contribution < -0.4 is 10.2 Å². The van der Waals surface area contributed by atoms with E-state index in [0.29, 0.717) is 13.1 Å². The van der Waals surface area contributed by atoms with Gasteiger partial charge in [0.2, 0.25) is 5.91 Å². The van der Waals surface area contributed by atoms with Gasteiger partial charge in [-0.25, -0.2) is 4.79 Å². The van der Waals surface area contributed by atoms with Crippen LogP contribution in [0.3, 0.4) is 0 Å². The number of likely N-dealkylation sites (N-methyl/N-ethyl adjacent to an activating group) is 1. The van der Waals surface area contributed by atoms with Crippen LogP contribution in [0.2, 0.25) is 0 Å². The van der Waals surface area contributed by atoms with E-state index in [1.165, 1.54) is 0 Å². The lowest BCUT2D eigenvalue weighted by Gasteiger charge is -2.29. The predicted octanol–water partition coefficient (Wildman–Crippen LogP) is 1.27. The first-order valence-electron chi connectivity index (χ1n) is 6.50. The fourth-order valence-electron chi connectivity index (χ4n) is 2.32. The van der Waals surface area contributed by atoms with Crippen molar-refractivity contribution in [2.24, 2.45) is 0 Å². The van der Waals surface area contributed by atoms with Crippen molar-refractivity contribution in [1.82, 2.24) is 5.32 Å². The number of nitrogens with zero attached hydrogens (tertiary/aromatic N) is 1. The summed E-state index contributed by atoms with van der Waals surface area (Å²) in [6.45, 7) is 3.72. The Morgan fingerprint density at radius 1 is 1.42 bits per heavy atom. The summed E-state index contributed by atoms with van der Waals surface area (Å²) in [5, 5.41) is 12.0. The van der Waals surface area contributed by atoms with Gasteiger partial charge in [-0.3, -0.25) is 4.79 Å². The zero-order chi connectivity index (χ0) is 13.8. The molecule has 19 heavy (non-hydrogen) atoms. The van der Waals surface area contributed by atoms with E-state index < -0.39 is 5.97 Å². The molecule has 1 aliphatic heterocycles. The summed E-state index contributed by atoms with van der Waals surface area (Å²) in [5.41, 5.74) is 2.06. The van der Waals surface area contributed by atoms with E-state index in [4.69, 9.17) is 5.11 Å². The molecule has 0 saturated carbocycles. The van der Waals surface area contributed by atoms with Crippen LogP contribution in [0.15, 0.2) is 18.2 Å². The zero-order valence-corrected chi connectivity index (χ0v) is 11.0. The Morgan fingerprint density at radius 3 is 2.89 bits per heavy atom. The number of carboxylic acids is 1. The third-order valence-corrected chi connectivity index (χ3v) is 3.27. The Hall–Kier alpha value is -1.88. The molecule has 0 radical (unpaired) electrons. The molecule has 0 aliphatic carbocycles. The molecule has 2 N–H and O–H groups in total. The van der Waals surface area contributed by atoms with Gasteiger partial charge in [-0.15, -0.1) is 0 Å². The molecule has 1 aromatic rings. The predicted molar refractivity (Wildman–Crippen MR) is 72.6 cm³/mol. The molecule has 0 aromatic heterocycles. The minimum Gasteiger partial charge on any atom is -0.478 e. The topological polar surface area (TPSA) is 69.6 Å². The first-order chi connectivity index (χ1) is 9.13. The number of aryl methyl sites for hydroxylation is 1. The number of carboxylic acid groups (broad SMARTS) is 1. The molecule has 5 heteroatoms. The molecule has 1 amide bonds. The van der Waals surface area contributed by atoms with E-state index in [9.17, 15) is 9.59 Å². The second-order valence-corrected chi connectivity index (χ2v) is 4.58. The van der Waals surface area contributed by atoms with Crippen LogP contribution in [0, 0.1) is 0 Å². The quantitative estimate of drug-likeness (QED) is 0.857. The molecule has 0 unspecified atom stereocenters. The summed E-state index contributed by atoms with van der Waals surface area (Å²) in [5.74, 6) is -0.898. The van der Waals surface area contributed by atoms with Crippen LogP contribution >= 0.6 is 0 Å². The van der Waals surface area contributed by atoms with Gasteiger partial charge < -0.3 is 15.3 Å². The van der Waals surface area contributed by atoms with Crippen LogP contribution in [0.1, 0.15) is 29.3 Å². The van der Waals surface area contributed by atoms with Crippen molar-refractivity contribution in [3.05, 3.63) is 29.3 Å². The minimum absolute atomic E-state index is 0.0332. The van der Waals surface area contributed by atoms with Crippen molar-refractivity contribution in [2.75, 3.05) is 24.5 Å². The van der Waals surface area contributed by atoms with E-state index in [1.807, 2.05) is 6.92 Å². The lowest BCUT2D eigenvalue weighted by molar-refractivity contribution is -0.117. The van der Waals surface area contributed by atoms with E-state index in [-0.39, 0.29) is 11.5 Å². The molecule has 0 bridgehead atoms. The number of carbonyl (C=O) groups excluding carboxylic acids is 1. The van der Waals surface area contributed by atoms with Crippen LogP contribution in [0.4, 0.5) is 5.69 Å². The maximum atomic E-state index is 12.1. The lowest BCUT2D eigenvalue weighted by Crippen LogP contribution is -2.41. The van der Waals surface area contributed by atoms with Gasteiger partial charge in [0.1, 0.15) is 0 Å². The first-order valence-corrected chi connectivity index (χ1v) is 6.50.